The summed E-state index contributed by atoms with van der Waals surface area (Å²) in [6.07, 6.45) is 1.58. The molecule has 0 aliphatic carbocycles. The maximum Gasteiger partial charge on any atom is 0.239 e. The van der Waals surface area contributed by atoms with E-state index >= 15 is 0 Å². The quantitative estimate of drug-likeness (QED) is 0.345. The Morgan fingerprint density at radius 2 is 2.17 bits per heavy atom. The molecule has 0 fully saturated rings. The lowest BCUT2D eigenvalue weighted by Gasteiger charge is -2.11. The molecule has 0 saturated carbocycles. The molecular formula is C15H21IN4O2S. The molecule has 0 radical (unpaired) electrons. The van der Waals surface area contributed by atoms with E-state index in [1.54, 1.807) is 23.7 Å². The van der Waals surface area contributed by atoms with Crippen LogP contribution in [0.5, 0.6) is 0 Å². The van der Waals surface area contributed by atoms with E-state index in [1.165, 1.54) is 0 Å². The normalized spacial score (nSPS) is 10.7. The number of hydrogen-bond acceptors (Lipinski definition) is 4. The molecule has 0 saturated heterocycles. The van der Waals surface area contributed by atoms with Crippen molar-refractivity contribution in [3.63, 3.8) is 0 Å². The van der Waals surface area contributed by atoms with E-state index in [9.17, 15) is 4.79 Å². The fraction of sp³-hybridized carbons (Fsp3) is 0.333. The highest BCUT2D eigenvalue weighted by atomic mass is 127. The van der Waals surface area contributed by atoms with Crippen LogP contribution < -0.4 is 16.0 Å². The number of carbonyl (C=O) groups is 1. The summed E-state index contributed by atoms with van der Waals surface area (Å²) in [4.78, 5) is 16.2. The average molecular weight is 448 g/mol. The maximum atomic E-state index is 11.8. The van der Waals surface area contributed by atoms with E-state index in [4.69, 9.17) is 4.42 Å². The lowest BCUT2D eigenvalue weighted by Crippen LogP contribution is -2.43. The molecule has 126 valence electrons. The average Bonchev–Trinajstić information content (AvgIpc) is 3.21. The van der Waals surface area contributed by atoms with Crippen molar-refractivity contribution >= 4 is 47.2 Å². The molecule has 2 heterocycles. The SMILES string of the molecule is CCNC(=NCc1ccsc1)NCC(=O)NCc1ccco1.I. The summed E-state index contributed by atoms with van der Waals surface area (Å²) in [6.45, 7) is 3.86. The number of nitrogens with one attached hydrogen (secondary N) is 3. The number of nitrogens with zero attached hydrogens (tertiary/aromatic N) is 1. The molecule has 3 N–H and O–H groups in total. The van der Waals surface area contributed by atoms with Gasteiger partial charge in [0.25, 0.3) is 0 Å². The van der Waals surface area contributed by atoms with Gasteiger partial charge in [0.15, 0.2) is 5.96 Å². The molecule has 2 aromatic heterocycles. The summed E-state index contributed by atoms with van der Waals surface area (Å²) in [7, 11) is 0. The van der Waals surface area contributed by atoms with Gasteiger partial charge in [0.2, 0.25) is 5.91 Å². The van der Waals surface area contributed by atoms with Crippen molar-refractivity contribution in [2.45, 2.75) is 20.0 Å². The third kappa shape index (κ3) is 7.51. The highest BCUT2D eigenvalue weighted by molar-refractivity contribution is 14.0. The van der Waals surface area contributed by atoms with Crippen LogP contribution in [0.4, 0.5) is 0 Å². The topological polar surface area (TPSA) is 78.7 Å². The van der Waals surface area contributed by atoms with Gasteiger partial charge in [0.1, 0.15) is 5.76 Å². The molecule has 23 heavy (non-hydrogen) atoms. The Morgan fingerprint density at radius 3 is 2.83 bits per heavy atom. The summed E-state index contributed by atoms with van der Waals surface area (Å²) in [6, 6.07) is 5.65. The summed E-state index contributed by atoms with van der Waals surface area (Å²) in [5, 5.41) is 13.0. The van der Waals surface area contributed by atoms with Crippen LogP contribution in [0, 0.1) is 0 Å². The predicted octanol–water partition coefficient (Wildman–Crippen LogP) is 2.33. The van der Waals surface area contributed by atoms with Gasteiger partial charge in [-0.25, -0.2) is 4.99 Å². The standard InChI is InChI=1S/C15H20N4O2S.HI/c1-2-16-15(18-8-12-5-7-22-11-12)19-10-14(20)17-9-13-4-3-6-21-13;/h3-7,11H,2,8-10H2,1H3,(H,17,20)(H2,16,18,19);1H. The number of halogens is 1. The molecule has 0 spiro atoms. The van der Waals surface area contributed by atoms with Crippen LogP contribution in [0.2, 0.25) is 0 Å². The lowest BCUT2D eigenvalue weighted by atomic mass is 10.3. The van der Waals surface area contributed by atoms with Gasteiger partial charge in [-0.15, -0.1) is 24.0 Å². The molecule has 6 nitrogen and oxygen atoms in total. The van der Waals surface area contributed by atoms with E-state index in [0.717, 1.165) is 17.9 Å². The number of hydrogen-bond donors (Lipinski definition) is 3. The van der Waals surface area contributed by atoms with Crippen LogP contribution in [-0.2, 0) is 17.9 Å². The summed E-state index contributed by atoms with van der Waals surface area (Å²) < 4.78 is 5.16. The first kappa shape index (κ1) is 19.5. The van der Waals surface area contributed by atoms with E-state index < -0.39 is 0 Å². The molecule has 2 rings (SSSR count). The van der Waals surface area contributed by atoms with Crippen LogP contribution in [-0.4, -0.2) is 25.0 Å². The van der Waals surface area contributed by atoms with Crippen LogP contribution >= 0.6 is 35.3 Å². The molecule has 0 aromatic carbocycles. The van der Waals surface area contributed by atoms with E-state index in [-0.39, 0.29) is 36.4 Å². The van der Waals surface area contributed by atoms with Gasteiger partial charge in [0.05, 0.1) is 25.9 Å². The van der Waals surface area contributed by atoms with Gasteiger partial charge in [-0.2, -0.15) is 11.3 Å². The fourth-order valence-electron chi connectivity index (χ4n) is 1.72. The van der Waals surface area contributed by atoms with Gasteiger partial charge in [-0.05, 0) is 41.4 Å². The van der Waals surface area contributed by atoms with Gasteiger partial charge in [0, 0.05) is 6.54 Å². The third-order valence-electron chi connectivity index (χ3n) is 2.80. The van der Waals surface area contributed by atoms with E-state index in [1.807, 2.05) is 24.4 Å². The zero-order valence-corrected chi connectivity index (χ0v) is 16.0. The first-order valence-corrected chi connectivity index (χ1v) is 8.04. The number of aliphatic imine (C=N–C) groups is 1. The van der Waals surface area contributed by atoms with Gasteiger partial charge >= 0.3 is 0 Å². The Balaban J connectivity index is 0.00000264. The largest absolute Gasteiger partial charge is 0.467 e. The summed E-state index contributed by atoms with van der Waals surface area (Å²) in [5.41, 5.74) is 1.16. The van der Waals surface area contributed by atoms with Crippen LogP contribution in [0.1, 0.15) is 18.2 Å². The zero-order chi connectivity index (χ0) is 15.6. The van der Waals surface area contributed by atoms with E-state index in [2.05, 4.69) is 26.3 Å². The number of guanidine groups is 1. The molecule has 0 atom stereocenters. The molecule has 0 unspecified atom stereocenters. The minimum absolute atomic E-state index is 0. The number of furan rings is 1. The lowest BCUT2D eigenvalue weighted by molar-refractivity contribution is -0.120. The number of carbonyl (C=O) groups excluding carboxylic acids is 1. The Labute approximate surface area is 156 Å². The minimum Gasteiger partial charge on any atom is -0.467 e. The van der Waals surface area contributed by atoms with Crippen LogP contribution in [0.3, 0.4) is 0 Å². The number of rotatable bonds is 7. The Bertz CT molecular complexity index is 585. The monoisotopic (exact) mass is 448 g/mol. The third-order valence-corrected chi connectivity index (χ3v) is 3.53. The fourth-order valence-corrected chi connectivity index (χ4v) is 2.38. The van der Waals surface area contributed by atoms with Crippen molar-refractivity contribution in [2.75, 3.05) is 13.1 Å². The van der Waals surface area contributed by atoms with Crippen molar-refractivity contribution in [1.82, 2.24) is 16.0 Å². The van der Waals surface area contributed by atoms with E-state index in [0.29, 0.717) is 19.0 Å². The molecule has 0 bridgehead atoms. The molecule has 1 amide bonds. The van der Waals surface area contributed by atoms with Crippen molar-refractivity contribution in [3.05, 3.63) is 46.5 Å². The van der Waals surface area contributed by atoms with Crippen LogP contribution in [0.25, 0.3) is 0 Å². The second-order valence-electron chi connectivity index (χ2n) is 4.54. The molecule has 0 aliphatic rings. The first-order chi connectivity index (χ1) is 10.8. The maximum absolute atomic E-state index is 11.8. The van der Waals surface area contributed by atoms with Gasteiger partial charge < -0.3 is 20.4 Å². The smallest absolute Gasteiger partial charge is 0.239 e. The van der Waals surface area contributed by atoms with Gasteiger partial charge in [-0.1, -0.05) is 0 Å². The van der Waals surface area contributed by atoms with Crippen molar-refractivity contribution in [2.24, 2.45) is 4.99 Å². The summed E-state index contributed by atoms with van der Waals surface area (Å²) >= 11 is 1.65. The first-order valence-electron chi connectivity index (χ1n) is 7.10. The van der Waals surface area contributed by atoms with Gasteiger partial charge in [-0.3, -0.25) is 4.79 Å². The highest BCUT2D eigenvalue weighted by Gasteiger charge is 2.04. The molecular weight excluding hydrogens is 427 g/mol. The van der Waals surface area contributed by atoms with Crippen LogP contribution in [0.15, 0.2) is 44.6 Å². The predicted molar refractivity (Wildman–Crippen MR) is 103 cm³/mol. The Hall–Kier alpha value is -1.55. The van der Waals surface area contributed by atoms with Crippen molar-refractivity contribution in [3.8, 4) is 0 Å². The number of amides is 1. The molecule has 0 aliphatic heterocycles. The second kappa shape index (κ2) is 11.1. The van der Waals surface area contributed by atoms with Crippen molar-refractivity contribution in [1.29, 1.82) is 0 Å². The second-order valence-corrected chi connectivity index (χ2v) is 5.32. The number of thiophene rings is 1. The summed E-state index contributed by atoms with van der Waals surface area (Å²) in [5.74, 6) is 1.24. The Morgan fingerprint density at radius 1 is 1.30 bits per heavy atom. The zero-order valence-electron chi connectivity index (χ0n) is 12.9. The minimum atomic E-state index is -0.113. The van der Waals surface area contributed by atoms with Crippen molar-refractivity contribution < 1.29 is 9.21 Å². The Kier molecular flexibility index (Phi) is 9.37. The molecule has 8 heteroatoms. The molecule has 2 aromatic rings. The highest BCUT2D eigenvalue weighted by Crippen LogP contribution is 2.06.